The lowest BCUT2D eigenvalue weighted by molar-refractivity contribution is -0.148. The summed E-state index contributed by atoms with van der Waals surface area (Å²) in [6.45, 7) is 6.36. The number of carbonyl (C=O) groups is 2. The standard InChI is InChI=1S/C58H101NO5/c1-4-7-10-13-16-19-22-24-26-28-29-31-33-36-39-42-45-48-51-58(63)64-54(49-46-43-40-37-34-21-18-15-12-9-6-3)52-57(62)59-55(53-60)56(61)50-47-44-41-38-35-32-30-27-25-23-20-17-14-11-8-5-2/h10,13,16,19,22,24,26,28-29,31,37,40,46,49,54-56,60-61H,4-9,11-12,14-15,17-18,20-21,23,25,27,30,32-36,38-39,41-45,47-48,50-53H2,1-3H3,(H,59,62)/b13-10+,19-16+,24-22+,28-26+,31-29+,40-37-,49-46+. The van der Waals surface area contributed by atoms with E-state index in [9.17, 15) is 19.8 Å². The Bertz CT molecular complexity index is 1230. The van der Waals surface area contributed by atoms with Crippen LogP contribution in [0.25, 0.3) is 0 Å². The minimum Gasteiger partial charge on any atom is -0.458 e. The van der Waals surface area contributed by atoms with E-state index < -0.39 is 18.2 Å². The molecule has 0 aliphatic rings. The molecule has 0 saturated heterocycles. The fourth-order valence-corrected chi connectivity index (χ4v) is 7.72. The summed E-state index contributed by atoms with van der Waals surface area (Å²) in [7, 11) is 0. The Morgan fingerprint density at radius 2 is 0.922 bits per heavy atom. The SMILES string of the molecule is CCC/C=C/C=C/C=C/C=C/C=C/CCCCCCCC(=O)OC(/C=C/C/C=C\CCCCCCCC)CC(=O)NC(CO)C(O)CCCCCCCCCCCCCCCCCC. The van der Waals surface area contributed by atoms with E-state index in [1.165, 1.54) is 128 Å². The van der Waals surface area contributed by atoms with Crippen LogP contribution in [0.5, 0.6) is 0 Å². The van der Waals surface area contributed by atoms with Gasteiger partial charge in [-0.15, -0.1) is 0 Å². The highest BCUT2D eigenvalue weighted by Crippen LogP contribution is 2.16. The van der Waals surface area contributed by atoms with Crippen molar-refractivity contribution in [2.75, 3.05) is 6.61 Å². The van der Waals surface area contributed by atoms with Crippen LogP contribution in [-0.4, -0.2) is 46.9 Å². The summed E-state index contributed by atoms with van der Waals surface area (Å²) in [5.41, 5.74) is 0. The van der Waals surface area contributed by atoms with E-state index in [0.717, 1.165) is 70.6 Å². The maximum atomic E-state index is 13.2. The van der Waals surface area contributed by atoms with E-state index >= 15 is 0 Å². The first-order chi connectivity index (χ1) is 31.5. The molecule has 0 saturated carbocycles. The quantitative estimate of drug-likeness (QED) is 0.0245. The maximum Gasteiger partial charge on any atom is 0.306 e. The van der Waals surface area contributed by atoms with Crippen molar-refractivity contribution in [3.8, 4) is 0 Å². The molecule has 3 atom stereocenters. The summed E-state index contributed by atoms with van der Waals surface area (Å²) >= 11 is 0. The summed E-state index contributed by atoms with van der Waals surface area (Å²) in [5, 5.41) is 23.7. The van der Waals surface area contributed by atoms with Crippen LogP contribution >= 0.6 is 0 Å². The first-order valence-electron chi connectivity index (χ1n) is 26.9. The predicted molar refractivity (Wildman–Crippen MR) is 278 cm³/mol. The smallest absolute Gasteiger partial charge is 0.306 e. The number of nitrogens with one attached hydrogen (secondary N) is 1. The largest absolute Gasteiger partial charge is 0.458 e. The Balaban J connectivity index is 4.62. The zero-order valence-electron chi connectivity index (χ0n) is 41.9. The van der Waals surface area contributed by atoms with Gasteiger partial charge in [0.25, 0.3) is 0 Å². The van der Waals surface area contributed by atoms with E-state index in [2.05, 4.69) is 74.7 Å². The highest BCUT2D eigenvalue weighted by Gasteiger charge is 2.23. The number of unbranched alkanes of at least 4 members (excludes halogenated alkanes) is 27. The van der Waals surface area contributed by atoms with Crippen molar-refractivity contribution in [1.29, 1.82) is 0 Å². The van der Waals surface area contributed by atoms with Crippen molar-refractivity contribution in [2.24, 2.45) is 0 Å². The second kappa shape index (κ2) is 51.0. The number of aliphatic hydroxyl groups excluding tert-OH is 2. The molecule has 1 amide bonds. The van der Waals surface area contributed by atoms with Crippen LogP contribution in [0.4, 0.5) is 0 Å². The second-order valence-electron chi connectivity index (χ2n) is 18.0. The zero-order valence-corrected chi connectivity index (χ0v) is 41.9. The summed E-state index contributed by atoms with van der Waals surface area (Å²) in [6.07, 6.45) is 66.7. The Morgan fingerprint density at radius 3 is 1.42 bits per heavy atom. The molecular formula is C58H101NO5. The summed E-state index contributed by atoms with van der Waals surface area (Å²) < 4.78 is 5.82. The summed E-state index contributed by atoms with van der Waals surface area (Å²) in [5.74, 6) is -0.634. The number of allylic oxidation sites excluding steroid dienone is 13. The maximum absolute atomic E-state index is 13.2. The van der Waals surface area contributed by atoms with Crippen LogP contribution in [0, 0.1) is 0 Å². The molecule has 368 valence electrons. The van der Waals surface area contributed by atoms with Crippen LogP contribution in [-0.2, 0) is 14.3 Å². The number of carbonyl (C=O) groups excluding carboxylic acids is 2. The summed E-state index contributed by atoms with van der Waals surface area (Å²) in [6, 6.07) is -0.742. The highest BCUT2D eigenvalue weighted by molar-refractivity contribution is 5.78. The van der Waals surface area contributed by atoms with E-state index in [0.29, 0.717) is 19.3 Å². The van der Waals surface area contributed by atoms with Crippen molar-refractivity contribution >= 4 is 11.9 Å². The van der Waals surface area contributed by atoms with Gasteiger partial charge in [-0.1, -0.05) is 260 Å². The minimum atomic E-state index is -0.820. The molecule has 3 unspecified atom stereocenters. The van der Waals surface area contributed by atoms with Gasteiger partial charge in [-0.2, -0.15) is 0 Å². The van der Waals surface area contributed by atoms with E-state index in [-0.39, 0.29) is 24.9 Å². The Hall–Kier alpha value is -2.96. The van der Waals surface area contributed by atoms with Crippen molar-refractivity contribution in [3.63, 3.8) is 0 Å². The fraction of sp³-hybridized carbons (Fsp3) is 0.724. The first kappa shape index (κ1) is 61.0. The van der Waals surface area contributed by atoms with Crippen LogP contribution < -0.4 is 5.32 Å². The molecule has 0 fully saturated rings. The second-order valence-corrected chi connectivity index (χ2v) is 18.0. The lowest BCUT2D eigenvalue weighted by Crippen LogP contribution is -2.46. The van der Waals surface area contributed by atoms with Gasteiger partial charge in [-0.3, -0.25) is 9.59 Å². The monoisotopic (exact) mass is 892 g/mol. The van der Waals surface area contributed by atoms with Gasteiger partial charge in [0.05, 0.1) is 25.2 Å². The van der Waals surface area contributed by atoms with Gasteiger partial charge >= 0.3 is 5.97 Å². The van der Waals surface area contributed by atoms with Crippen LogP contribution in [0.15, 0.2) is 85.1 Å². The molecule has 0 aliphatic carbocycles. The lowest BCUT2D eigenvalue weighted by atomic mass is 10.0. The van der Waals surface area contributed by atoms with Gasteiger partial charge in [0, 0.05) is 6.42 Å². The number of hydrogen-bond donors (Lipinski definition) is 3. The van der Waals surface area contributed by atoms with Crippen molar-refractivity contribution < 1.29 is 24.5 Å². The van der Waals surface area contributed by atoms with Gasteiger partial charge in [0.1, 0.15) is 6.10 Å². The molecular weight excluding hydrogens is 791 g/mol. The van der Waals surface area contributed by atoms with E-state index in [1.807, 2.05) is 36.5 Å². The van der Waals surface area contributed by atoms with Gasteiger partial charge in [0.15, 0.2) is 0 Å². The first-order valence-corrected chi connectivity index (χ1v) is 26.9. The van der Waals surface area contributed by atoms with Crippen LogP contribution in [0.1, 0.15) is 245 Å². The Labute approximate surface area is 395 Å². The lowest BCUT2D eigenvalue weighted by Gasteiger charge is -2.23. The molecule has 0 aromatic carbocycles. The number of ether oxygens (including phenoxy) is 1. The number of esters is 1. The third kappa shape index (κ3) is 45.6. The Kier molecular flexibility index (Phi) is 48.7. The van der Waals surface area contributed by atoms with Crippen LogP contribution in [0.2, 0.25) is 0 Å². The normalized spacial score (nSPS) is 13.9. The highest BCUT2D eigenvalue weighted by atomic mass is 16.5. The summed E-state index contributed by atoms with van der Waals surface area (Å²) in [4.78, 5) is 26.1. The van der Waals surface area contributed by atoms with Gasteiger partial charge in [0.2, 0.25) is 5.91 Å². The number of aliphatic hydroxyl groups is 2. The number of hydrogen-bond acceptors (Lipinski definition) is 5. The molecule has 0 spiro atoms. The Morgan fingerprint density at radius 1 is 0.484 bits per heavy atom. The molecule has 0 aliphatic heterocycles. The molecule has 6 heteroatoms. The third-order valence-electron chi connectivity index (χ3n) is 11.8. The molecule has 0 radical (unpaired) electrons. The molecule has 0 heterocycles. The van der Waals surface area contributed by atoms with Gasteiger partial charge in [-0.05, 0) is 57.4 Å². The van der Waals surface area contributed by atoms with Gasteiger partial charge < -0.3 is 20.3 Å². The molecule has 6 nitrogen and oxygen atoms in total. The van der Waals surface area contributed by atoms with E-state index in [1.54, 1.807) is 0 Å². The molecule has 0 bridgehead atoms. The van der Waals surface area contributed by atoms with Crippen LogP contribution in [0.3, 0.4) is 0 Å². The predicted octanol–water partition coefficient (Wildman–Crippen LogP) is 16.3. The van der Waals surface area contributed by atoms with Gasteiger partial charge in [-0.25, -0.2) is 0 Å². The van der Waals surface area contributed by atoms with Crippen molar-refractivity contribution in [2.45, 2.75) is 264 Å². The number of rotatable bonds is 47. The molecule has 64 heavy (non-hydrogen) atoms. The number of amides is 1. The molecule has 0 aromatic heterocycles. The topological polar surface area (TPSA) is 95.9 Å². The molecule has 3 N–H and O–H groups in total. The zero-order chi connectivity index (χ0) is 46.7. The molecule has 0 aromatic rings. The minimum absolute atomic E-state index is 0.0429. The fourth-order valence-electron chi connectivity index (χ4n) is 7.72. The average molecular weight is 892 g/mol. The molecule has 0 rings (SSSR count). The van der Waals surface area contributed by atoms with E-state index in [4.69, 9.17) is 4.74 Å². The van der Waals surface area contributed by atoms with Crippen molar-refractivity contribution in [1.82, 2.24) is 5.32 Å². The average Bonchev–Trinajstić information content (AvgIpc) is 3.29. The van der Waals surface area contributed by atoms with Crippen molar-refractivity contribution in [3.05, 3.63) is 85.1 Å². The third-order valence-corrected chi connectivity index (χ3v) is 11.8.